The van der Waals surface area contributed by atoms with Crippen molar-refractivity contribution in [3.63, 3.8) is 0 Å². The van der Waals surface area contributed by atoms with Gasteiger partial charge < -0.3 is 5.32 Å². The predicted octanol–water partition coefficient (Wildman–Crippen LogP) is 5.42. The Hall–Kier alpha value is -3.12. The van der Waals surface area contributed by atoms with E-state index in [0.717, 1.165) is 34.3 Å². The molecule has 4 nitrogen and oxygen atoms in total. The van der Waals surface area contributed by atoms with Gasteiger partial charge in [0, 0.05) is 17.1 Å². The average molecular weight is 396 g/mol. The molecule has 0 aromatic heterocycles. The number of aryl methyl sites for hydroxylation is 1. The number of rotatable bonds is 6. The summed E-state index contributed by atoms with van der Waals surface area (Å²) >= 11 is 0. The van der Waals surface area contributed by atoms with E-state index in [1.54, 1.807) is 30.3 Å². The number of nitrogens with one attached hydrogen (secondary N) is 2. The summed E-state index contributed by atoms with van der Waals surface area (Å²) in [6, 6.07) is 19.4. The first-order valence-electron chi connectivity index (χ1n) is 8.68. The predicted molar refractivity (Wildman–Crippen MR) is 115 cm³/mol. The lowest BCUT2D eigenvalue weighted by atomic mass is 10.1. The molecule has 0 radical (unpaired) electrons. The number of hydrogen-bond acceptors (Lipinski definition) is 3. The van der Waals surface area contributed by atoms with E-state index >= 15 is 0 Å². The minimum Gasteiger partial charge on any atom is -0.355 e. The van der Waals surface area contributed by atoms with Crippen LogP contribution >= 0.6 is 0 Å². The van der Waals surface area contributed by atoms with Gasteiger partial charge in [0.2, 0.25) is 10.0 Å². The summed E-state index contributed by atoms with van der Waals surface area (Å²) in [6.07, 6.45) is 4.99. The molecule has 2 N–H and O–H groups in total. The van der Waals surface area contributed by atoms with Gasteiger partial charge in [0.25, 0.3) is 0 Å². The van der Waals surface area contributed by atoms with Gasteiger partial charge in [-0.15, -0.1) is 0 Å². The first-order chi connectivity index (χ1) is 13.3. The minimum absolute atomic E-state index is 0.272. The highest BCUT2D eigenvalue weighted by atomic mass is 32.2. The molecule has 3 aromatic carbocycles. The maximum Gasteiger partial charge on any atom is 0.229 e. The standard InChI is InChI=1S/C22H21FN2O2S/c1-16-6-7-18(15-22(16)24-20-12-10-19(23)11-13-20)9-8-17-4-3-5-21(14-17)25-28(2,26)27/h3-15,24-25H,1-2H3/b9-8+. The lowest BCUT2D eigenvalue weighted by molar-refractivity contribution is 0.607. The van der Waals surface area contributed by atoms with E-state index in [1.165, 1.54) is 12.1 Å². The molecular weight excluding hydrogens is 375 g/mol. The molecule has 0 heterocycles. The largest absolute Gasteiger partial charge is 0.355 e. The first kappa shape index (κ1) is 19.6. The van der Waals surface area contributed by atoms with Crippen molar-refractivity contribution < 1.29 is 12.8 Å². The fourth-order valence-electron chi connectivity index (χ4n) is 2.68. The molecule has 0 amide bonds. The summed E-state index contributed by atoms with van der Waals surface area (Å²) in [6.45, 7) is 2.00. The van der Waals surface area contributed by atoms with Crippen LogP contribution in [0.5, 0.6) is 0 Å². The molecule has 0 aliphatic carbocycles. The molecule has 6 heteroatoms. The van der Waals surface area contributed by atoms with Crippen LogP contribution in [-0.2, 0) is 10.0 Å². The van der Waals surface area contributed by atoms with E-state index in [0.29, 0.717) is 5.69 Å². The number of benzene rings is 3. The lowest BCUT2D eigenvalue weighted by Crippen LogP contribution is -2.09. The van der Waals surface area contributed by atoms with Crippen LogP contribution in [0.1, 0.15) is 16.7 Å². The topological polar surface area (TPSA) is 58.2 Å². The van der Waals surface area contributed by atoms with Crippen molar-refractivity contribution in [3.8, 4) is 0 Å². The van der Waals surface area contributed by atoms with E-state index in [9.17, 15) is 12.8 Å². The maximum atomic E-state index is 13.1. The van der Waals surface area contributed by atoms with Gasteiger partial charge in [-0.05, 0) is 66.1 Å². The number of sulfonamides is 1. The first-order valence-corrected chi connectivity index (χ1v) is 10.6. The van der Waals surface area contributed by atoms with E-state index in [4.69, 9.17) is 0 Å². The zero-order chi connectivity index (χ0) is 20.1. The van der Waals surface area contributed by atoms with Crippen LogP contribution in [-0.4, -0.2) is 14.7 Å². The zero-order valence-electron chi connectivity index (χ0n) is 15.6. The summed E-state index contributed by atoms with van der Waals surface area (Å²) in [5.41, 5.74) is 5.19. The molecule has 144 valence electrons. The molecule has 0 aliphatic rings. The number of halogens is 1. The summed E-state index contributed by atoms with van der Waals surface area (Å²) in [5, 5.41) is 3.30. The van der Waals surface area contributed by atoms with Crippen LogP contribution < -0.4 is 10.0 Å². The van der Waals surface area contributed by atoms with E-state index in [1.807, 2.05) is 43.3 Å². The Balaban J connectivity index is 1.79. The van der Waals surface area contributed by atoms with Gasteiger partial charge >= 0.3 is 0 Å². The highest BCUT2D eigenvalue weighted by Gasteiger charge is 2.03. The van der Waals surface area contributed by atoms with Crippen molar-refractivity contribution in [1.29, 1.82) is 0 Å². The Morgan fingerprint density at radius 2 is 1.54 bits per heavy atom. The number of anilines is 3. The molecule has 0 saturated carbocycles. The summed E-state index contributed by atoms with van der Waals surface area (Å²) in [7, 11) is -3.31. The van der Waals surface area contributed by atoms with Gasteiger partial charge in [-0.2, -0.15) is 0 Å². The van der Waals surface area contributed by atoms with Gasteiger partial charge in [0.1, 0.15) is 5.82 Å². The second-order valence-electron chi connectivity index (χ2n) is 6.54. The highest BCUT2D eigenvalue weighted by molar-refractivity contribution is 7.92. The van der Waals surface area contributed by atoms with Gasteiger partial charge in [-0.1, -0.05) is 36.4 Å². The highest BCUT2D eigenvalue weighted by Crippen LogP contribution is 2.23. The summed E-state index contributed by atoms with van der Waals surface area (Å²) < 4.78 is 38.3. The van der Waals surface area contributed by atoms with Gasteiger partial charge in [0.15, 0.2) is 0 Å². The second-order valence-corrected chi connectivity index (χ2v) is 8.29. The molecule has 0 bridgehead atoms. The molecule has 3 aromatic rings. The van der Waals surface area contributed by atoms with Crippen LogP contribution in [0.4, 0.5) is 21.5 Å². The zero-order valence-corrected chi connectivity index (χ0v) is 16.4. The van der Waals surface area contributed by atoms with Crippen molar-refractivity contribution in [2.75, 3.05) is 16.3 Å². The molecule has 0 unspecified atom stereocenters. The van der Waals surface area contributed by atoms with E-state index < -0.39 is 10.0 Å². The van der Waals surface area contributed by atoms with E-state index in [-0.39, 0.29) is 5.82 Å². The Morgan fingerprint density at radius 1 is 0.857 bits per heavy atom. The van der Waals surface area contributed by atoms with Gasteiger partial charge in [0.05, 0.1) is 6.26 Å². The molecule has 0 atom stereocenters. The van der Waals surface area contributed by atoms with E-state index in [2.05, 4.69) is 10.0 Å². The van der Waals surface area contributed by atoms with Crippen LogP contribution in [0.25, 0.3) is 12.2 Å². The van der Waals surface area contributed by atoms with Crippen LogP contribution in [0, 0.1) is 12.7 Å². The summed E-state index contributed by atoms with van der Waals surface area (Å²) in [4.78, 5) is 0. The fourth-order valence-corrected chi connectivity index (χ4v) is 3.23. The normalized spacial score (nSPS) is 11.5. The van der Waals surface area contributed by atoms with Gasteiger partial charge in [-0.3, -0.25) is 4.72 Å². The molecule has 0 spiro atoms. The quantitative estimate of drug-likeness (QED) is 0.547. The van der Waals surface area contributed by atoms with Crippen LogP contribution in [0.3, 0.4) is 0 Å². The molecule has 28 heavy (non-hydrogen) atoms. The monoisotopic (exact) mass is 396 g/mol. The van der Waals surface area contributed by atoms with Crippen molar-refractivity contribution in [1.82, 2.24) is 0 Å². The Morgan fingerprint density at radius 3 is 2.21 bits per heavy atom. The van der Waals surface area contributed by atoms with Crippen molar-refractivity contribution in [3.05, 3.63) is 89.2 Å². The Bertz CT molecular complexity index is 1110. The molecule has 0 saturated heterocycles. The maximum absolute atomic E-state index is 13.1. The van der Waals surface area contributed by atoms with Crippen molar-refractivity contribution >= 4 is 39.2 Å². The third kappa shape index (κ3) is 5.69. The molecule has 3 rings (SSSR count). The molecule has 0 fully saturated rings. The Kier molecular flexibility index (Phi) is 5.80. The van der Waals surface area contributed by atoms with Crippen molar-refractivity contribution in [2.45, 2.75) is 6.92 Å². The van der Waals surface area contributed by atoms with Crippen molar-refractivity contribution in [2.24, 2.45) is 0 Å². The van der Waals surface area contributed by atoms with Crippen LogP contribution in [0.2, 0.25) is 0 Å². The smallest absolute Gasteiger partial charge is 0.229 e. The number of hydrogen-bond donors (Lipinski definition) is 2. The Labute approximate surface area is 164 Å². The minimum atomic E-state index is -3.31. The van der Waals surface area contributed by atoms with Gasteiger partial charge in [-0.25, -0.2) is 12.8 Å². The third-order valence-electron chi connectivity index (χ3n) is 4.04. The SMILES string of the molecule is Cc1ccc(/C=C/c2cccc(NS(C)(=O)=O)c2)cc1Nc1ccc(F)cc1. The summed E-state index contributed by atoms with van der Waals surface area (Å²) in [5.74, 6) is -0.272. The molecular formula is C22H21FN2O2S. The average Bonchev–Trinajstić information content (AvgIpc) is 2.63. The second kappa shape index (κ2) is 8.27. The fraction of sp³-hybridized carbons (Fsp3) is 0.0909. The lowest BCUT2D eigenvalue weighted by Gasteiger charge is -2.10. The molecule has 0 aliphatic heterocycles. The van der Waals surface area contributed by atoms with Crippen LogP contribution in [0.15, 0.2) is 66.7 Å². The third-order valence-corrected chi connectivity index (χ3v) is 4.65.